The molecule has 2 atom stereocenters. The van der Waals surface area contributed by atoms with Gasteiger partial charge in [0.05, 0.1) is 6.42 Å². The van der Waals surface area contributed by atoms with Crippen LogP contribution < -0.4 is 5.32 Å². The Kier molecular flexibility index (Phi) is 3.94. The van der Waals surface area contributed by atoms with Gasteiger partial charge in [-0.1, -0.05) is 30.3 Å². The van der Waals surface area contributed by atoms with Crippen molar-refractivity contribution >= 4 is 11.9 Å². The van der Waals surface area contributed by atoms with Crippen LogP contribution in [0, 0.1) is 0 Å². The maximum Gasteiger partial charge on any atom is 0.320 e. The van der Waals surface area contributed by atoms with E-state index in [0.29, 0.717) is 13.0 Å². The molecule has 0 spiro atoms. The van der Waals surface area contributed by atoms with Crippen molar-refractivity contribution in [2.75, 3.05) is 6.54 Å². The first-order chi connectivity index (χ1) is 8.65. The molecule has 1 saturated heterocycles. The van der Waals surface area contributed by atoms with Crippen LogP contribution >= 0.6 is 0 Å². The van der Waals surface area contributed by atoms with E-state index >= 15 is 0 Å². The Bertz CT molecular complexity index is 432. The first-order valence-corrected chi connectivity index (χ1v) is 5.85. The van der Waals surface area contributed by atoms with E-state index in [2.05, 4.69) is 5.32 Å². The lowest BCUT2D eigenvalue weighted by atomic mass is 10.1. The van der Waals surface area contributed by atoms with Crippen molar-refractivity contribution in [3.63, 3.8) is 0 Å². The van der Waals surface area contributed by atoms with E-state index in [9.17, 15) is 9.59 Å². The van der Waals surface area contributed by atoms with Crippen LogP contribution in [-0.2, 0) is 20.7 Å². The van der Waals surface area contributed by atoms with Gasteiger partial charge in [0.2, 0.25) is 0 Å². The SMILES string of the molecule is O=C(Cc1ccccc1)OC1CNC(C(=O)O)C1. The molecule has 0 aliphatic carbocycles. The molecule has 96 valence electrons. The van der Waals surface area contributed by atoms with Gasteiger partial charge in [-0.2, -0.15) is 0 Å². The molecular formula is C13H15NO4. The normalized spacial score (nSPS) is 22.7. The number of hydrogen-bond acceptors (Lipinski definition) is 4. The van der Waals surface area contributed by atoms with Crippen LogP contribution in [0.3, 0.4) is 0 Å². The van der Waals surface area contributed by atoms with Crippen molar-refractivity contribution in [3.05, 3.63) is 35.9 Å². The van der Waals surface area contributed by atoms with Crippen molar-refractivity contribution in [2.24, 2.45) is 0 Å². The molecule has 1 aliphatic rings. The largest absolute Gasteiger partial charge is 0.480 e. The summed E-state index contributed by atoms with van der Waals surface area (Å²) >= 11 is 0. The topological polar surface area (TPSA) is 75.6 Å². The van der Waals surface area contributed by atoms with Crippen LogP contribution in [0.4, 0.5) is 0 Å². The highest BCUT2D eigenvalue weighted by molar-refractivity contribution is 5.75. The quantitative estimate of drug-likeness (QED) is 0.764. The van der Waals surface area contributed by atoms with Crippen LogP contribution in [0.15, 0.2) is 30.3 Å². The van der Waals surface area contributed by atoms with E-state index in [-0.39, 0.29) is 18.5 Å². The average Bonchev–Trinajstić information content (AvgIpc) is 2.78. The minimum atomic E-state index is -0.906. The standard InChI is InChI=1S/C13H15NO4/c15-12(6-9-4-2-1-3-5-9)18-10-7-11(13(16)17)14-8-10/h1-5,10-11,14H,6-8H2,(H,16,17). The monoisotopic (exact) mass is 249 g/mol. The van der Waals surface area contributed by atoms with Gasteiger partial charge in [0, 0.05) is 13.0 Å². The van der Waals surface area contributed by atoms with Crippen LogP contribution in [0.5, 0.6) is 0 Å². The van der Waals surface area contributed by atoms with Gasteiger partial charge < -0.3 is 15.2 Å². The molecule has 2 unspecified atom stereocenters. The summed E-state index contributed by atoms with van der Waals surface area (Å²) in [6.45, 7) is 0.400. The van der Waals surface area contributed by atoms with Crippen molar-refractivity contribution in [1.29, 1.82) is 0 Å². The molecule has 5 heteroatoms. The second kappa shape index (κ2) is 5.64. The summed E-state index contributed by atoms with van der Waals surface area (Å²) in [5, 5.41) is 11.6. The van der Waals surface area contributed by atoms with Crippen molar-refractivity contribution in [1.82, 2.24) is 5.32 Å². The summed E-state index contributed by atoms with van der Waals surface area (Å²) in [5.41, 5.74) is 0.892. The third kappa shape index (κ3) is 3.30. The van der Waals surface area contributed by atoms with Crippen molar-refractivity contribution in [2.45, 2.75) is 25.0 Å². The number of nitrogens with one attached hydrogen (secondary N) is 1. The second-order valence-electron chi connectivity index (χ2n) is 4.31. The summed E-state index contributed by atoms with van der Waals surface area (Å²) in [4.78, 5) is 22.4. The molecule has 1 aliphatic heterocycles. The summed E-state index contributed by atoms with van der Waals surface area (Å²) in [5.74, 6) is -1.23. The van der Waals surface area contributed by atoms with Crippen LogP contribution in [0.2, 0.25) is 0 Å². The van der Waals surface area contributed by atoms with E-state index < -0.39 is 12.0 Å². The van der Waals surface area contributed by atoms with Gasteiger partial charge in [0.25, 0.3) is 0 Å². The number of rotatable bonds is 4. The van der Waals surface area contributed by atoms with Gasteiger partial charge in [-0.3, -0.25) is 9.59 Å². The van der Waals surface area contributed by atoms with E-state index in [4.69, 9.17) is 9.84 Å². The molecule has 1 aromatic carbocycles. The molecule has 1 heterocycles. The van der Waals surface area contributed by atoms with E-state index in [1.54, 1.807) is 0 Å². The lowest BCUT2D eigenvalue weighted by Crippen LogP contribution is -2.30. The van der Waals surface area contributed by atoms with Gasteiger partial charge in [-0.25, -0.2) is 0 Å². The number of benzene rings is 1. The first kappa shape index (κ1) is 12.6. The number of carboxylic acid groups (broad SMARTS) is 1. The predicted molar refractivity (Wildman–Crippen MR) is 64.1 cm³/mol. The van der Waals surface area contributed by atoms with Gasteiger partial charge in [-0.15, -0.1) is 0 Å². The summed E-state index contributed by atoms with van der Waals surface area (Å²) in [6, 6.07) is 8.70. The fraction of sp³-hybridized carbons (Fsp3) is 0.385. The molecule has 2 N–H and O–H groups in total. The van der Waals surface area contributed by atoms with Gasteiger partial charge >= 0.3 is 11.9 Å². The molecular weight excluding hydrogens is 234 g/mol. The van der Waals surface area contributed by atoms with Crippen LogP contribution in [-0.4, -0.2) is 35.7 Å². The Labute approximate surface area is 105 Å². The predicted octanol–water partition coefficient (Wildman–Crippen LogP) is 0.587. The molecule has 5 nitrogen and oxygen atoms in total. The molecule has 0 bridgehead atoms. The summed E-state index contributed by atoms with van der Waals surface area (Å²) in [7, 11) is 0. The van der Waals surface area contributed by atoms with E-state index in [0.717, 1.165) is 5.56 Å². The highest BCUT2D eigenvalue weighted by Gasteiger charge is 2.31. The Morgan fingerprint density at radius 2 is 2.06 bits per heavy atom. The molecule has 0 amide bonds. The number of hydrogen-bond donors (Lipinski definition) is 2. The Morgan fingerprint density at radius 3 is 2.67 bits per heavy atom. The number of carbonyl (C=O) groups excluding carboxylic acids is 1. The molecule has 0 saturated carbocycles. The highest BCUT2D eigenvalue weighted by Crippen LogP contribution is 2.12. The lowest BCUT2D eigenvalue weighted by Gasteiger charge is -2.10. The highest BCUT2D eigenvalue weighted by atomic mass is 16.5. The Morgan fingerprint density at radius 1 is 1.33 bits per heavy atom. The summed E-state index contributed by atoms with van der Waals surface area (Å²) in [6.07, 6.45) is 0.201. The number of esters is 1. The number of aliphatic carboxylic acids is 1. The van der Waals surface area contributed by atoms with Gasteiger partial charge in [0.1, 0.15) is 12.1 Å². The van der Waals surface area contributed by atoms with Gasteiger partial charge in [-0.05, 0) is 5.56 Å². The summed E-state index contributed by atoms with van der Waals surface area (Å²) < 4.78 is 5.23. The van der Waals surface area contributed by atoms with Crippen molar-refractivity contribution < 1.29 is 19.4 Å². The van der Waals surface area contributed by atoms with Crippen LogP contribution in [0.25, 0.3) is 0 Å². The smallest absolute Gasteiger partial charge is 0.320 e. The lowest BCUT2D eigenvalue weighted by molar-refractivity contribution is -0.148. The zero-order valence-electron chi connectivity index (χ0n) is 9.83. The third-order valence-electron chi connectivity index (χ3n) is 2.88. The number of ether oxygens (including phenoxy) is 1. The number of carbonyl (C=O) groups is 2. The molecule has 1 fully saturated rings. The van der Waals surface area contributed by atoms with Crippen molar-refractivity contribution in [3.8, 4) is 0 Å². The number of carboxylic acids is 1. The van der Waals surface area contributed by atoms with E-state index in [1.165, 1.54) is 0 Å². The van der Waals surface area contributed by atoms with E-state index in [1.807, 2.05) is 30.3 Å². The molecule has 0 aromatic heterocycles. The second-order valence-corrected chi connectivity index (χ2v) is 4.31. The Balaban J connectivity index is 1.80. The minimum Gasteiger partial charge on any atom is -0.480 e. The minimum absolute atomic E-state index is 0.217. The zero-order valence-corrected chi connectivity index (χ0v) is 9.83. The third-order valence-corrected chi connectivity index (χ3v) is 2.88. The molecule has 1 aromatic rings. The maximum atomic E-state index is 11.6. The fourth-order valence-electron chi connectivity index (χ4n) is 1.97. The van der Waals surface area contributed by atoms with Gasteiger partial charge in [0.15, 0.2) is 0 Å². The Hall–Kier alpha value is -1.88. The molecule has 0 radical (unpaired) electrons. The zero-order chi connectivity index (χ0) is 13.0. The molecule has 2 rings (SSSR count). The average molecular weight is 249 g/mol. The maximum absolute atomic E-state index is 11.6. The molecule has 18 heavy (non-hydrogen) atoms. The first-order valence-electron chi connectivity index (χ1n) is 5.85. The van der Waals surface area contributed by atoms with Crippen LogP contribution in [0.1, 0.15) is 12.0 Å². The fourth-order valence-corrected chi connectivity index (χ4v) is 1.97.